The van der Waals surface area contributed by atoms with Gasteiger partial charge >= 0.3 is 0 Å². The fraction of sp³-hybridized carbons (Fsp3) is 0.235. The number of benzene rings is 2. The maximum Gasteiger partial charge on any atom is 0.238 e. The molecule has 6 heteroatoms. The molecule has 23 heavy (non-hydrogen) atoms. The SMILES string of the molecule is CC[C@@H](NCC(=O)Nc1ccc(F)cc1F)c1ccc(Br)cc1. The second-order valence-electron chi connectivity index (χ2n) is 5.07. The van der Waals surface area contributed by atoms with Crippen molar-refractivity contribution in [2.75, 3.05) is 11.9 Å². The Balaban J connectivity index is 1.93. The number of nitrogens with one attached hydrogen (secondary N) is 2. The van der Waals surface area contributed by atoms with E-state index in [-0.39, 0.29) is 24.2 Å². The van der Waals surface area contributed by atoms with Crippen molar-refractivity contribution in [2.45, 2.75) is 19.4 Å². The Morgan fingerprint density at radius 3 is 2.48 bits per heavy atom. The molecule has 122 valence electrons. The number of amides is 1. The third-order valence-corrected chi connectivity index (χ3v) is 3.92. The molecule has 0 unspecified atom stereocenters. The van der Waals surface area contributed by atoms with E-state index in [1.54, 1.807) is 0 Å². The van der Waals surface area contributed by atoms with Crippen LogP contribution in [0.4, 0.5) is 14.5 Å². The predicted molar refractivity (Wildman–Crippen MR) is 90.2 cm³/mol. The lowest BCUT2D eigenvalue weighted by Crippen LogP contribution is -2.31. The van der Waals surface area contributed by atoms with E-state index in [0.29, 0.717) is 0 Å². The maximum atomic E-state index is 13.5. The molecule has 1 amide bonds. The first-order valence-corrected chi connectivity index (χ1v) is 8.02. The van der Waals surface area contributed by atoms with Crippen LogP contribution in [-0.2, 0) is 4.79 Å². The van der Waals surface area contributed by atoms with Crippen molar-refractivity contribution in [2.24, 2.45) is 0 Å². The van der Waals surface area contributed by atoms with Gasteiger partial charge in [0.25, 0.3) is 0 Å². The minimum absolute atomic E-state index is 0.0203. The van der Waals surface area contributed by atoms with E-state index in [2.05, 4.69) is 26.6 Å². The van der Waals surface area contributed by atoms with Gasteiger partial charge in [0.1, 0.15) is 11.6 Å². The highest BCUT2D eigenvalue weighted by atomic mass is 79.9. The van der Waals surface area contributed by atoms with E-state index < -0.39 is 11.6 Å². The van der Waals surface area contributed by atoms with Crippen molar-refractivity contribution in [1.29, 1.82) is 0 Å². The molecule has 2 N–H and O–H groups in total. The van der Waals surface area contributed by atoms with Gasteiger partial charge in [0.05, 0.1) is 12.2 Å². The predicted octanol–water partition coefficient (Wildman–Crippen LogP) is 4.41. The summed E-state index contributed by atoms with van der Waals surface area (Å²) in [6.07, 6.45) is 0.805. The summed E-state index contributed by atoms with van der Waals surface area (Å²) >= 11 is 3.38. The quantitative estimate of drug-likeness (QED) is 0.776. The summed E-state index contributed by atoms with van der Waals surface area (Å²) in [6, 6.07) is 10.9. The molecule has 1 atom stereocenters. The highest BCUT2D eigenvalue weighted by molar-refractivity contribution is 9.10. The maximum absolute atomic E-state index is 13.5. The Bertz CT molecular complexity index is 677. The first-order chi connectivity index (χ1) is 11.0. The number of rotatable bonds is 6. The average Bonchev–Trinajstić information content (AvgIpc) is 2.52. The van der Waals surface area contributed by atoms with Crippen LogP contribution in [-0.4, -0.2) is 12.5 Å². The highest BCUT2D eigenvalue weighted by Crippen LogP contribution is 2.19. The van der Waals surface area contributed by atoms with Gasteiger partial charge in [0.2, 0.25) is 5.91 Å². The van der Waals surface area contributed by atoms with Crippen LogP contribution in [0.1, 0.15) is 24.9 Å². The van der Waals surface area contributed by atoms with Gasteiger partial charge in [-0.25, -0.2) is 8.78 Å². The summed E-state index contributed by atoms with van der Waals surface area (Å²) in [5.41, 5.74) is 1.03. The molecule has 0 heterocycles. The zero-order valence-electron chi connectivity index (χ0n) is 12.6. The molecule has 0 fully saturated rings. The second kappa shape index (κ2) is 8.17. The molecule has 2 rings (SSSR count). The lowest BCUT2D eigenvalue weighted by Gasteiger charge is -2.17. The van der Waals surface area contributed by atoms with Crippen molar-refractivity contribution in [1.82, 2.24) is 5.32 Å². The van der Waals surface area contributed by atoms with E-state index in [4.69, 9.17) is 0 Å². The minimum Gasteiger partial charge on any atom is -0.322 e. The van der Waals surface area contributed by atoms with Crippen LogP contribution >= 0.6 is 15.9 Å². The smallest absolute Gasteiger partial charge is 0.238 e. The summed E-state index contributed by atoms with van der Waals surface area (Å²) in [5, 5.41) is 5.56. The Labute approximate surface area is 142 Å². The van der Waals surface area contributed by atoms with Crippen LogP contribution in [0, 0.1) is 11.6 Å². The lowest BCUT2D eigenvalue weighted by molar-refractivity contribution is -0.115. The Hall–Kier alpha value is -1.79. The molecular formula is C17H17BrF2N2O. The Kier molecular flexibility index (Phi) is 6.24. The highest BCUT2D eigenvalue weighted by Gasteiger charge is 2.12. The number of halogens is 3. The van der Waals surface area contributed by atoms with Gasteiger partial charge in [-0.2, -0.15) is 0 Å². The van der Waals surface area contributed by atoms with Gasteiger partial charge < -0.3 is 10.6 Å². The normalized spacial score (nSPS) is 12.0. The van der Waals surface area contributed by atoms with E-state index in [9.17, 15) is 13.6 Å². The lowest BCUT2D eigenvalue weighted by atomic mass is 10.0. The van der Waals surface area contributed by atoms with E-state index in [1.807, 2.05) is 31.2 Å². The molecule has 0 saturated heterocycles. The molecule has 0 radical (unpaired) electrons. The summed E-state index contributed by atoms with van der Waals surface area (Å²) in [6.45, 7) is 2.04. The van der Waals surface area contributed by atoms with Crippen molar-refractivity contribution in [3.63, 3.8) is 0 Å². The van der Waals surface area contributed by atoms with Gasteiger partial charge in [0.15, 0.2) is 0 Å². The van der Waals surface area contributed by atoms with Crippen molar-refractivity contribution in [3.8, 4) is 0 Å². The topological polar surface area (TPSA) is 41.1 Å². The fourth-order valence-electron chi connectivity index (χ4n) is 2.19. The van der Waals surface area contributed by atoms with Crippen LogP contribution in [0.5, 0.6) is 0 Å². The van der Waals surface area contributed by atoms with Crippen LogP contribution in [0.3, 0.4) is 0 Å². The zero-order valence-corrected chi connectivity index (χ0v) is 14.2. The molecule has 3 nitrogen and oxygen atoms in total. The number of carbonyl (C=O) groups excluding carboxylic acids is 1. The molecule has 0 aromatic heterocycles. The second-order valence-corrected chi connectivity index (χ2v) is 5.98. The summed E-state index contributed by atoms with van der Waals surface area (Å²) in [4.78, 5) is 11.9. The molecule has 0 aliphatic heterocycles. The third kappa shape index (κ3) is 5.11. The monoisotopic (exact) mass is 382 g/mol. The van der Waals surface area contributed by atoms with Gasteiger partial charge in [-0.1, -0.05) is 35.0 Å². The standard InChI is InChI=1S/C17H17BrF2N2O/c1-2-15(11-3-5-12(18)6-4-11)21-10-17(23)22-16-8-7-13(19)9-14(16)20/h3-9,15,21H,2,10H2,1H3,(H,22,23)/t15-/m1/s1. The minimum atomic E-state index is -0.793. The van der Waals surface area contributed by atoms with Crippen molar-refractivity contribution < 1.29 is 13.6 Å². The Morgan fingerprint density at radius 1 is 1.17 bits per heavy atom. The summed E-state index contributed by atoms with van der Waals surface area (Å²) in [5.74, 6) is -1.86. The molecule has 2 aromatic rings. The van der Waals surface area contributed by atoms with Crippen molar-refractivity contribution >= 4 is 27.5 Å². The summed E-state index contributed by atoms with van der Waals surface area (Å²) < 4.78 is 27.3. The zero-order chi connectivity index (χ0) is 16.8. The molecule has 0 aliphatic rings. The van der Waals surface area contributed by atoms with E-state index >= 15 is 0 Å². The van der Waals surface area contributed by atoms with Crippen LogP contribution < -0.4 is 10.6 Å². The van der Waals surface area contributed by atoms with Gasteiger partial charge in [-0.05, 0) is 36.2 Å². The van der Waals surface area contributed by atoms with Crippen molar-refractivity contribution in [3.05, 3.63) is 64.1 Å². The molecule has 2 aromatic carbocycles. The molecular weight excluding hydrogens is 366 g/mol. The number of hydrogen-bond donors (Lipinski definition) is 2. The van der Waals surface area contributed by atoms with Crippen LogP contribution in [0.2, 0.25) is 0 Å². The molecule has 0 saturated carbocycles. The average molecular weight is 383 g/mol. The number of carbonyl (C=O) groups is 1. The van der Waals surface area contributed by atoms with Gasteiger partial charge in [0, 0.05) is 16.6 Å². The molecule has 0 aliphatic carbocycles. The number of hydrogen-bond acceptors (Lipinski definition) is 2. The number of anilines is 1. The van der Waals surface area contributed by atoms with Crippen LogP contribution in [0.15, 0.2) is 46.9 Å². The first-order valence-electron chi connectivity index (χ1n) is 7.23. The van der Waals surface area contributed by atoms with Gasteiger partial charge in [-0.15, -0.1) is 0 Å². The fourth-order valence-corrected chi connectivity index (χ4v) is 2.46. The molecule has 0 bridgehead atoms. The van der Waals surface area contributed by atoms with E-state index in [1.165, 1.54) is 6.07 Å². The summed E-state index contributed by atoms with van der Waals surface area (Å²) in [7, 11) is 0. The Morgan fingerprint density at radius 2 is 1.87 bits per heavy atom. The largest absolute Gasteiger partial charge is 0.322 e. The molecule has 0 spiro atoms. The third-order valence-electron chi connectivity index (χ3n) is 3.39. The van der Waals surface area contributed by atoms with E-state index in [0.717, 1.165) is 28.6 Å². The van der Waals surface area contributed by atoms with Gasteiger partial charge in [-0.3, -0.25) is 4.79 Å². The first kappa shape index (κ1) is 17.6. The van der Waals surface area contributed by atoms with Crippen LogP contribution in [0.25, 0.3) is 0 Å².